The van der Waals surface area contributed by atoms with Crippen LogP contribution in [0.15, 0.2) is 28.7 Å². The van der Waals surface area contributed by atoms with Gasteiger partial charge in [-0.25, -0.2) is 0 Å². The fourth-order valence-corrected chi connectivity index (χ4v) is 2.39. The summed E-state index contributed by atoms with van der Waals surface area (Å²) >= 11 is 3.42. The summed E-state index contributed by atoms with van der Waals surface area (Å²) in [6.07, 6.45) is 0.901. The topological polar surface area (TPSA) is 52.6 Å². The van der Waals surface area contributed by atoms with Gasteiger partial charge in [-0.2, -0.15) is 0 Å². The number of rotatable bonds is 3. The van der Waals surface area contributed by atoms with Crippen LogP contribution < -0.4 is 10.2 Å². The van der Waals surface area contributed by atoms with E-state index in [2.05, 4.69) is 38.3 Å². The van der Waals surface area contributed by atoms with Crippen LogP contribution in [0.3, 0.4) is 0 Å². The molecule has 104 valence electrons. The van der Waals surface area contributed by atoms with Crippen molar-refractivity contribution in [3.63, 3.8) is 0 Å². The molecule has 0 bridgehead atoms. The van der Waals surface area contributed by atoms with Crippen molar-refractivity contribution in [2.75, 3.05) is 18.0 Å². The number of anilines is 1. The lowest BCUT2D eigenvalue weighted by Crippen LogP contribution is -2.47. The average molecular weight is 327 g/mol. The lowest BCUT2D eigenvalue weighted by Gasteiger charge is -2.22. The fourth-order valence-electron chi connectivity index (χ4n) is 2.13. The lowest BCUT2D eigenvalue weighted by molar-refractivity contribution is -0.137. The van der Waals surface area contributed by atoms with Crippen molar-refractivity contribution < 1.29 is 9.90 Å². The number of amides is 1. The second-order valence-corrected chi connectivity index (χ2v) is 6.36. The molecule has 2 N–H and O–H groups in total. The summed E-state index contributed by atoms with van der Waals surface area (Å²) in [6.45, 7) is 4.70. The summed E-state index contributed by atoms with van der Waals surface area (Å²) in [5.41, 5.74) is -0.159. The molecule has 0 unspecified atom stereocenters. The van der Waals surface area contributed by atoms with Gasteiger partial charge in [0.25, 0.3) is 5.91 Å². The Kier molecular flexibility index (Phi) is 4.16. The van der Waals surface area contributed by atoms with E-state index in [-0.39, 0.29) is 11.9 Å². The summed E-state index contributed by atoms with van der Waals surface area (Å²) in [5, 5.41) is 12.5. The van der Waals surface area contributed by atoms with Gasteiger partial charge in [-0.15, -0.1) is 0 Å². The van der Waals surface area contributed by atoms with Gasteiger partial charge in [0, 0.05) is 29.3 Å². The molecule has 1 atom stereocenters. The first-order valence-electron chi connectivity index (χ1n) is 6.40. The van der Waals surface area contributed by atoms with Gasteiger partial charge in [-0.1, -0.05) is 15.9 Å². The fraction of sp³-hybridized carbons (Fsp3) is 0.500. The van der Waals surface area contributed by atoms with E-state index in [0.717, 1.165) is 29.7 Å². The van der Waals surface area contributed by atoms with E-state index in [1.54, 1.807) is 0 Å². The quantitative estimate of drug-likeness (QED) is 0.892. The van der Waals surface area contributed by atoms with E-state index in [4.69, 9.17) is 0 Å². The Labute approximate surface area is 121 Å². The number of benzene rings is 1. The number of nitrogens with one attached hydrogen (secondary N) is 1. The first-order valence-corrected chi connectivity index (χ1v) is 7.19. The zero-order valence-corrected chi connectivity index (χ0v) is 12.8. The lowest BCUT2D eigenvalue weighted by atomic mass is 10.1. The molecule has 19 heavy (non-hydrogen) atoms. The van der Waals surface area contributed by atoms with Crippen LogP contribution in [0.4, 0.5) is 5.69 Å². The highest BCUT2D eigenvalue weighted by atomic mass is 79.9. The SMILES string of the molecule is CC(C)(O)C(=O)N[C@H]1CCN(c2ccc(Br)cc2)C1. The summed E-state index contributed by atoms with van der Waals surface area (Å²) in [7, 11) is 0. The third-order valence-electron chi connectivity index (χ3n) is 3.27. The highest BCUT2D eigenvalue weighted by Gasteiger charge is 2.29. The molecule has 1 heterocycles. The number of carbonyl (C=O) groups excluding carboxylic acids is 1. The summed E-state index contributed by atoms with van der Waals surface area (Å²) in [6, 6.07) is 8.24. The van der Waals surface area contributed by atoms with Crippen molar-refractivity contribution in [3.8, 4) is 0 Å². The molecule has 0 radical (unpaired) electrons. The maximum atomic E-state index is 11.7. The van der Waals surface area contributed by atoms with E-state index < -0.39 is 5.60 Å². The second-order valence-electron chi connectivity index (χ2n) is 5.44. The molecule has 1 saturated heterocycles. The zero-order valence-electron chi connectivity index (χ0n) is 11.2. The maximum Gasteiger partial charge on any atom is 0.251 e. The standard InChI is InChI=1S/C14H19BrN2O2/c1-14(2,19)13(18)16-11-7-8-17(9-11)12-5-3-10(15)4-6-12/h3-6,11,19H,7-9H2,1-2H3,(H,16,18)/t11-/m0/s1. The second kappa shape index (κ2) is 5.51. The molecule has 2 rings (SSSR count). The van der Waals surface area contributed by atoms with Crippen LogP contribution in [0.25, 0.3) is 0 Å². The largest absolute Gasteiger partial charge is 0.381 e. The minimum Gasteiger partial charge on any atom is -0.381 e. The van der Waals surface area contributed by atoms with E-state index in [1.165, 1.54) is 13.8 Å². The van der Waals surface area contributed by atoms with Gasteiger partial charge in [0.05, 0.1) is 0 Å². The van der Waals surface area contributed by atoms with Crippen molar-refractivity contribution in [3.05, 3.63) is 28.7 Å². The van der Waals surface area contributed by atoms with Gasteiger partial charge in [-0.05, 0) is 44.5 Å². The third kappa shape index (κ3) is 3.70. The molecule has 1 fully saturated rings. The number of nitrogens with zero attached hydrogens (tertiary/aromatic N) is 1. The van der Waals surface area contributed by atoms with Gasteiger partial charge >= 0.3 is 0 Å². The van der Waals surface area contributed by atoms with Crippen LogP contribution in [0.5, 0.6) is 0 Å². The molecular formula is C14H19BrN2O2. The molecule has 0 aromatic heterocycles. The monoisotopic (exact) mass is 326 g/mol. The molecule has 1 aromatic carbocycles. The van der Waals surface area contributed by atoms with Crippen LogP contribution in [0.1, 0.15) is 20.3 Å². The molecule has 1 aliphatic heterocycles. The van der Waals surface area contributed by atoms with Crippen LogP contribution in [-0.2, 0) is 4.79 Å². The smallest absolute Gasteiger partial charge is 0.251 e. The van der Waals surface area contributed by atoms with Crippen molar-refractivity contribution >= 4 is 27.5 Å². The van der Waals surface area contributed by atoms with Crippen molar-refractivity contribution in [1.29, 1.82) is 0 Å². The third-order valence-corrected chi connectivity index (χ3v) is 3.80. The molecule has 4 nitrogen and oxygen atoms in total. The number of aliphatic hydroxyl groups is 1. The molecular weight excluding hydrogens is 308 g/mol. The molecule has 0 saturated carbocycles. The van der Waals surface area contributed by atoms with E-state index >= 15 is 0 Å². The van der Waals surface area contributed by atoms with Crippen molar-refractivity contribution in [2.24, 2.45) is 0 Å². The number of hydrogen-bond donors (Lipinski definition) is 2. The molecule has 1 amide bonds. The Bertz CT molecular complexity index is 454. The van der Waals surface area contributed by atoms with Gasteiger partial charge in [0.2, 0.25) is 0 Å². The van der Waals surface area contributed by atoms with Gasteiger partial charge in [-0.3, -0.25) is 4.79 Å². The normalized spacial score (nSPS) is 19.6. The summed E-state index contributed by atoms with van der Waals surface area (Å²) in [4.78, 5) is 14.0. The van der Waals surface area contributed by atoms with E-state index in [0.29, 0.717) is 0 Å². The predicted molar refractivity (Wildman–Crippen MR) is 79.2 cm³/mol. The molecule has 5 heteroatoms. The molecule has 0 spiro atoms. The Morgan fingerprint density at radius 1 is 1.42 bits per heavy atom. The first kappa shape index (κ1) is 14.3. The maximum absolute atomic E-state index is 11.7. The van der Waals surface area contributed by atoms with Crippen LogP contribution in [-0.4, -0.2) is 35.7 Å². The summed E-state index contributed by atoms with van der Waals surface area (Å²) in [5.74, 6) is -0.310. The Balaban J connectivity index is 1.93. The molecule has 1 aliphatic rings. The highest BCUT2D eigenvalue weighted by molar-refractivity contribution is 9.10. The minimum absolute atomic E-state index is 0.0996. The van der Waals surface area contributed by atoms with E-state index in [9.17, 15) is 9.90 Å². The number of hydrogen-bond acceptors (Lipinski definition) is 3. The minimum atomic E-state index is -1.31. The van der Waals surface area contributed by atoms with Gasteiger partial charge in [0.1, 0.15) is 5.60 Å². The van der Waals surface area contributed by atoms with E-state index in [1.807, 2.05) is 12.1 Å². The average Bonchev–Trinajstić information content (AvgIpc) is 2.77. The van der Waals surface area contributed by atoms with Crippen molar-refractivity contribution in [2.45, 2.75) is 31.9 Å². The van der Waals surface area contributed by atoms with Crippen LogP contribution >= 0.6 is 15.9 Å². The van der Waals surface area contributed by atoms with Crippen molar-refractivity contribution in [1.82, 2.24) is 5.32 Å². The van der Waals surface area contributed by atoms with Crippen LogP contribution in [0.2, 0.25) is 0 Å². The Morgan fingerprint density at radius 3 is 2.63 bits per heavy atom. The molecule has 0 aliphatic carbocycles. The predicted octanol–water partition coefficient (Wildman–Crippen LogP) is 1.91. The highest BCUT2D eigenvalue weighted by Crippen LogP contribution is 2.22. The number of halogens is 1. The van der Waals surface area contributed by atoms with Gasteiger partial charge < -0.3 is 15.3 Å². The Morgan fingerprint density at radius 2 is 2.05 bits per heavy atom. The number of carbonyl (C=O) groups is 1. The summed E-state index contributed by atoms with van der Waals surface area (Å²) < 4.78 is 1.06. The first-order chi connectivity index (χ1) is 8.86. The zero-order chi connectivity index (χ0) is 14.0. The molecule has 1 aromatic rings. The van der Waals surface area contributed by atoms with Crippen LogP contribution in [0, 0.1) is 0 Å². The Hall–Kier alpha value is -1.07. The van der Waals surface area contributed by atoms with Gasteiger partial charge in [0.15, 0.2) is 0 Å².